The number of fused-ring (bicyclic) bond motifs is 1. The van der Waals surface area contributed by atoms with Gasteiger partial charge in [-0.05, 0) is 25.1 Å². The van der Waals surface area contributed by atoms with Crippen LogP contribution < -0.4 is 0 Å². The smallest absolute Gasteiger partial charge is 0.356 e. The number of nitrogens with zero attached hydrogens (tertiary/aromatic N) is 4. The molecule has 1 N–H and O–H groups in total. The van der Waals surface area contributed by atoms with Crippen molar-refractivity contribution in [3.05, 3.63) is 34.6 Å². The van der Waals surface area contributed by atoms with Gasteiger partial charge in [0.05, 0.1) is 16.8 Å². The van der Waals surface area contributed by atoms with E-state index in [2.05, 4.69) is 13.8 Å². The number of aryl methyl sites for hydroxylation is 1. The Labute approximate surface area is 116 Å². The lowest BCUT2D eigenvalue weighted by atomic mass is 10.2. The van der Waals surface area contributed by atoms with Gasteiger partial charge in [0, 0.05) is 5.69 Å². The largest absolute Gasteiger partial charge is 0.476 e. The highest BCUT2D eigenvalue weighted by atomic mass is 35.5. The van der Waals surface area contributed by atoms with Crippen LogP contribution in [0.15, 0.2) is 18.2 Å². The summed E-state index contributed by atoms with van der Waals surface area (Å²) in [4.78, 5) is 11.0. The fraction of sp³-hybridized carbons (Fsp3) is 0.0909. The number of hydrogen-bond acceptors (Lipinski definition) is 5. The summed E-state index contributed by atoms with van der Waals surface area (Å²) in [5.74, 6) is -1.08. The quantitative estimate of drug-likeness (QED) is 0.785. The Balaban J connectivity index is 2.32. The highest BCUT2D eigenvalue weighted by Crippen LogP contribution is 2.29. The first-order valence-electron chi connectivity index (χ1n) is 5.29. The second-order valence-electron chi connectivity index (χ2n) is 3.92. The number of carboxylic acid groups (broad SMARTS) is 1. The number of hydrogen-bond donors (Lipinski definition) is 1. The van der Waals surface area contributed by atoms with Crippen LogP contribution in [-0.4, -0.2) is 29.6 Å². The number of rotatable bonds is 2. The van der Waals surface area contributed by atoms with Gasteiger partial charge < -0.3 is 5.11 Å². The molecular formula is C11H7ClN4O2S. The van der Waals surface area contributed by atoms with E-state index < -0.39 is 5.97 Å². The van der Waals surface area contributed by atoms with E-state index in [1.165, 1.54) is 10.7 Å². The third kappa shape index (κ3) is 1.87. The van der Waals surface area contributed by atoms with Crippen LogP contribution in [0.3, 0.4) is 0 Å². The van der Waals surface area contributed by atoms with Crippen molar-refractivity contribution in [3.8, 4) is 5.69 Å². The van der Waals surface area contributed by atoms with Crippen LogP contribution in [0.2, 0.25) is 5.02 Å². The van der Waals surface area contributed by atoms with Crippen molar-refractivity contribution in [1.29, 1.82) is 0 Å². The molecule has 0 unspecified atom stereocenters. The lowest BCUT2D eigenvalue weighted by Crippen LogP contribution is -2.03. The molecule has 0 atom stereocenters. The van der Waals surface area contributed by atoms with Gasteiger partial charge in [-0.1, -0.05) is 11.6 Å². The lowest BCUT2D eigenvalue weighted by Gasteiger charge is -2.06. The Hall–Kier alpha value is -1.99. The van der Waals surface area contributed by atoms with Crippen LogP contribution in [0, 0.1) is 6.92 Å². The molecule has 0 spiro atoms. The summed E-state index contributed by atoms with van der Waals surface area (Å²) in [6, 6.07) is 4.95. The second-order valence-corrected chi connectivity index (χ2v) is 4.85. The van der Waals surface area contributed by atoms with Gasteiger partial charge in [-0.25, -0.2) is 9.48 Å². The molecule has 2 heterocycles. The normalized spacial score (nSPS) is 11.1. The maximum Gasteiger partial charge on any atom is 0.356 e. The van der Waals surface area contributed by atoms with E-state index in [4.69, 9.17) is 16.7 Å². The molecule has 0 amide bonds. The van der Waals surface area contributed by atoms with Gasteiger partial charge in [0.2, 0.25) is 0 Å². The molecule has 0 saturated heterocycles. The molecule has 0 fully saturated rings. The summed E-state index contributed by atoms with van der Waals surface area (Å²) in [5.41, 5.74) is 2.50. The number of halogens is 1. The fourth-order valence-electron chi connectivity index (χ4n) is 1.82. The molecule has 2 aromatic heterocycles. The predicted octanol–water partition coefficient (Wildman–Crippen LogP) is 2.54. The Bertz CT molecular complexity index is 795. The van der Waals surface area contributed by atoms with Crippen LogP contribution in [0.25, 0.3) is 16.7 Å². The van der Waals surface area contributed by atoms with Crippen molar-refractivity contribution in [2.75, 3.05) is 0 Å². The standard InChI is InChI=1S/C11H7ClN4O2S/c1-5-4-8(11(17)18)13-16(5)10-6(12)2-3-7-9(10)15-19-14-7/h2-4H,1H3,(H,17,18). The topological polar surface area (TPSA) is 80.9 Å². The number of aromatic carboxylic acids is 1. The average molecular weight is 295 g/mol. The molecule has 3 aromatic rings. The van der Waals surface area contributed by atoms with Crippen molar-refractivity contribution in [2.24, 2.45) is 0 Å². The summed E-state index contributed by atoms with van der Waals surface area (Å²) in [7, 11) is 0. The number of carboxylic acids is 1. The third-order valence-electron chi connectivity index (χ3n) is 2.67. The first kappa shape index (κ1) is 12.1. The van der Waals surface area contributed by atoms with Crippen LogP contribution in [0.5, 0.6) is 0 Å². The zero-order chi connectivity index (χ0) is 13.6. The molecule has 0 aliphatic heterocycles. The molecule has 0 radical (unpaired) electrons. The molecule has 19 heavy (non-hydrogen) atoms. The minimum Gasteiger partial charge on any atom is -0.476 e. The monoisotopic (exact) mass is 294 g/mol. The average Bonchev–Trinajstić information content (AvgIpc) is 2.96. The van der Waals surface area contributed by atoms with E-state index in [0.717, 1.165) is 11.7 Å². The maximum absolute atomic E-state index is 11.0. The molecule has 0 aliphatic rings. The van der Waals surface area contributed by atoms with E-state index in [9.17, 15) is 4.79 Å². The Morgan fingerprint density at radius 3 is 2.89 bits per heavy atom. The Morgan fingerprint density at radius 1 is 1.42 bits per heavy atom. The number of carbonyl (C=O) groups is 1. The highest BCUT2D eigenvalue weighted by molar-refractivity contribution is 7.00. The minimum atomic E-state index is -1.08. The fourth-order valence-corrected chi connectivity index (χ4v) is 2.59. The van der Waals surface area contributed by atoms with Crippen LogP contribution in [0.4, 0.5) is 0 Å². The van der Waals surface area contributed by atoms with E-state index in [1.54, 1.807) is 19.1 Å². The van der Waals surface area contributed by atoms with Crippen molar-refractivity contribution < 1.29 is 9.90 Å². The van der Waals surface area contributed by atoms with Gasteiger partial charge in [-0.15, -0.1) is 0 Å². The molecule has 8 heteroatoms. The second kappa shape index (κ2) is 4.29. The van der Waals surface area contributed by atoms with E-state index >= 15 is 0 Å². The first-order chi connectivity index (χ1) is 9.08. The van der Waals surface area contributed by atoms with Crippen molar-refractivity contribution in [3.63, 3.8) is 0 Å². The zero-order valence-electron chi connectivity index (χ0n) is 9.66. The van der Waals surface area contributed by atoms with Crippen molar-refractivity contribution in [2.45, 2.75) is 6.92 Å². The summed E-state index contributed by atoms with van der Waals surface area (Å²) in [6.07, 6.45) is 0. The summed E-state index contributed by atoms with van der Waals surface area (Å²) >= 11 is 7.26. The minimum absolute atomic E-state index is 0.0336. The molecule has 0 bridgehead atoms. The molecule has 6 nitrogen and oxygen atoms in total. The molecule has 1 aromatic carbocycles. The van der Waals surface area contributed by atoms with Gasteiger partial charge in [0.1, 0.15) is 16.7 Å². The highest BCUT2D eigenvalue weighted by Gasteiger charge is 2.17. The maximum atomic E-state index is 11.0. The molecule has 3 rings (SSSR count). The predicted molar refractivity (Wildman–Crippen MR) is 71.2 cm³/mol. The number of benzene rings is 1. The summed E-state index contributed by atoms with van der Waals surface area (Å²) in [5, 5.41) is 13.5. The molecule has 0 aliphatic carbocycles. The van der Waals surface area contributed by atoms with Gasteiger partial charge in [-0.3, -0.25) is 0 Å². The van der Waals surface area contributed by atoms with Gasteiger partial charge in [0.25, 0.3) is 0 Å². The van der Waals surface area contributed by atoms with E-state index in [1.807, 2.05) is 0 Å². The van der Waals surface area contributed by atoms with Crippen LogP contribution >= 0.6 is 23.3 Å². The van der Waals surface area contributed by atoms with Crippen LogP contribution in [-0.2, 0) is 0 Å². The van der Waals surface area contributed by atoms with E-state index in [-0.39, 0.29) is 5.69 Å². The molecule has 0 saturated carbocycles. The SMILES string of the molecule is Cc1cc(C(=O)O)nn1-c1c(Cl)ccc2nsnc12. The van der Waals surface area contributed by atoms with E-state index in [0.29, 0.717) is 27.4 Å². The Morgan fingerprint density at radius 2 is 2.21 bits per heavy atom. The van der Waals surface area contributed by atoms with Gasteiger partial charge in [0.15, 0.2) is 5.69 Å². The van der Waals surface area contributed by atoms with Crippen molar-refractivity contribution in [1.82, 2.24) is 18.5 Å². The first-order valence-corrected chi connectivity index (χ1v) is 6.40. The van der Waals surface area contributed by atoms with Crippen LogP contribution in [0.1, 0.15) is 16.2 Å². The summed E-state index contributed by atoms with van der Waals surface area (Å²) < 4.78 is 9.80. The molecular weight excluding hydrogens is 288 g/mol. The zero-order valence-corrected chi connectivity index (χ0v) is 11.2. The lowest BCUT2D eigenvalue weighted by molar-refractivity contribution is 0.0690. The van der Waals surface area contributed by atoms with Gasteiger partial charge >= 0.3 is 5.97 Å². The van der Waals surface area contributed by atoms with Gasteiger partial charge in [-0.2, -0.15) is 13.8 Å². The Kier molecular flexibility index (Phi) is 2.72. The number of aromatic nitrogens is 4. The third-order valence-corrected chi connectivity index (χ3v) is 3.52. The molecule has 96 valence electrons. The van der Waals surface area contributed by atoms with Crippen molar-refractivity contribution >= 4 is 40.3 Å². The summed E-state index contributed by atoms with van der Waals surface area (Å²) in [6.45, 7) is 1.76.